The molecule has 0 bridgehead atoms. The maximum atomic E-state index is 3.78. The van der Waals surface area contributed by atoms with E-state index in [0.29, 0.717) is 0 Å². The Labute approximate surface area is 109 Å². The summed E-state index contributed by atoms with van der Waals surface area (Å²) in [6.45, 7) is 0. The van der Waals surface area contributed by atoms with E-state index >= 15 is 0 Å². The Kier molecular flexibility index (Phi) is 4.27. The predicted octanol–water partition coefficient (Wildman–Crippen LogP) is 4.95. The molecule has 82 valence electrons. The molecule has 2 heteroatoms. The van der Waals surface area contributed by atoms with E-state index in [1.165, 1.54) is 42.1 Å². The van der Waals surface area contributed by atoms with Gasteiger partial charge in [0.15, 0.2) is 0 Å². The highest BCUT2D eigenvalue weighted by atomic mass is 79.9. The van der Waals surface area contributed by atoms with Gasteiger partial charge in [0.2, 0.25) is 0 Å². The van der Waals surface area contributed by atoms with Crippen molar-refractivity contribution in [1.29, 1.82) is 0 Å². The van der Waals surface area contributed by atoms with Crippen molar-refractivity contribution >= 4 is 31.9 Å². The number of halogens is 2. The minimum atomic E-state index is 0.768. The molecule has 0 heterocycles. The van der Waals surface area contributed by atoms with Crippen LogP contribution in [0.1, 0.15) is 31.2 Å². The summed E-state index contributed by atoms with van der Waals surface area (Å²) in [7, 11) is 0. The first-order chi connectivity index (χ1) is 7.25. The van der Waals surface area contributed by atoms with Crippen LogP contribution in [0.15, 0.2) is 28.7 Å². The molecule has 1 aliphatic carbocycles. The van der Waals surface area contributed by atoms with Gasteiger partial charge in [-0.25, -0.2) is 0 Å². The van der Waals surface area contributed by atoms with Gasteiger partial charge >= 0.3 is 0 Å². The first-order valence-electron chi connectivity index (χ1n) is 5.64. The van der Waals surface area contributed by atoms with Gasteiger partial charge < -0.3 is 0 Å². The molecule has 0 nitrogen and oxygen atoms in total. The number of aryl methyl sites for hydroxylation is 1. The lowest BCUT2D eigenvalue weighted by atomic mass is 10.1. The van der Waals surface area contributed by atoms with Crippen LogP contribution >= 0.6 is 31.9 Å². The smallest absolute Gasteiger partial charge is 0.0177 e. The number of hydrogen-bond acceptors (Lipinski definition) is 0. The van der Waals surface area contributed by atoms with Crippen LogP contribution in [0.4, 0.5) is 0 Å². The molecule has 1 atom stereocenters. The lowest BCUT2D eigenvalue weighted by Gasteiger charge is -2.07. The molecule has 15 heavy (non-hydrogen) atoms. The van der Waals surface area contributed by atoms with Crippen molar-refractivity contribution < 1.29 is 0 Å². The second-order valence-corrected chi connectivity index (χ2v) is 6.47. The molecule has 1 saturated carbocycles. The zero-order valence-corrected chi connectivity index (χ0v) is 11.9. The van der Waals surface area contributed by atoms with E-state index in [1.54, 1.807) is 0 Å². The fraction of sp³-hybridized carbons (Fsp3) is 0.538. The summed E-state index contributed by atoms with van der Waals surface area (Å²) in [4.78, 5) is 0.768. The molecule has 0 saturated heterocycles. The summed E-state index contributed by atoms with van der Waals surface area (Å²) < 4.78 is 1.19. The van der Waals surface area contributed by atoms with Crippen molar-refractivity contribution in [3.63, 3.8) is 0 Å². The van der Waals surface area contributed by atoms with Gasteiger partial charge in [0.1, 0.15) is 0 Å². The van der Waals surface area contributed by atoms with Gasteiger partial charge in [0.25, 0.3) is 0 Å². The van der Waals surface area contributed by atoms with Gasteiger partial charge in [0.05, 0.1) is 0 Å². The summed E-state index contributed by atoms with van der Waals surface area (Å²) in [5.41, 5.74) is 1.44. The van der Waals surface area contributed by atoms with Crippen molar-refractivity contribution in [1.82, 2.24) is 0 Å². The van der Waals surface area contributed by atoms with Gasteiger partial charge in [-0.2, -0.15) is 0 Å². The number of alkyl halides is 1. The topological polar surface area (TPSA) is 0 Å². The minimum absolute atomic E-state index is 0.768. The number of benzene rings is 1. The molecule has 0 N–H and O–H groups in total. The molecule has 1 unspecified atom stereocenters. The van der Waals surface area contributed by atoms with E-state index in [0.717, 1.165) is 10.7 Å². The molecular weight excluding hydrogens is 316 g/mol. The normalized spacial score (nSPS) is 17.7. The van der Waals surface area contributed by atoms with Crippen LogP contribution < -0.4 is 0 Å². The van der Waals surface area contributed by atoms with Crippen LogP contribution in [0.2, 0.25) is 0 Å². The molecule has 0 amide bonds. The highest BCUT2D eigenvalue weighted by molar-refractivity contribution is 9.10. The Morgan fingerprint density at radius 3 is 2.80 bits per heavy atom. The highest BCUT2D eigenvalue weighted by Crippen LogP contribution is 2.38. The Bertz CT molecular complexity index is 318. The van der Waals surface area contributed by atoms with Crippen LogP contribution in [0, 0.1) is 5.92 Å². The van der Waals surface area contributed by atoms with E-state index in [4.69, 9.17) is 0 Å². The first-order valence-corrected chi connectivity index (χ1v) is 7.35. The lowest BCUT2D eigenvalue weighted by molar-refractivity contribution is 0.653. The third kappa shape index (κ3) is 3.92. The van der Waals surface area contributed by atoms with Gasteiger partial charge in [-0.15, -0.1) is 0 Å². The first kappa shape index (κ1) is 11.7. The second kappa shape index (κ2) is 5.49. The molecule has 1 aromatic rings. The standard InChI is InChI=1S/C13H16Br2/c14-12-5-1-3-10(9-12)4-2-6-13(15)11-7-8-11/h1,3,5,9,11,13H,2,4,6-8H2. The lowest BCUT2D eigenvalue weighted by Crippen LogP contribution is -2.00. The largest absolute Gasteiger partial charge is 0.0888 e. The molecule has 0 aromatic heterocycles. The van der Waals surface area contributed by atoms with Gasteiger partial charge in [-0.05, 0) is 55.7 Å². The maximum absolute atomic E-state index is 3.78. The Hall–Kier alpha value is 0.180. The van der Waals surface area contributed by atoms with E-state index in [1.807, 2.05) is 0 Å². The summed E-state index contributed by atoms with van der Waals surface area (Å²) >= 11 is 7.29. The van der Waals surface area contributed by atoms with E-state index in [9.17, 15) is 0 Å². The van der Waals surface area contributed by atoms with Crippen molar-refractivity contribution in [2.75, 3.05) is 0 Å². The summed E-state index contributed by atoms with van der Waals surface area (Å²) in [6.07, 6.45) is 6.69. The number of hydrogen-bond donors (Lipinski definition) is 0. The minimum Gasteiger partial charge on any atom is -0.0888 e. The maximum Gasteiger partial charge on any atom is 0.0177 e. The third-order valence-corrected chi connectivity index (χ3v) is 4.67. The average molecular weight is 332 g/mol. The molecular formula is C13H16Br2. The summed E-state index contributed by atoms with van der Waals surface area (Å²) in [5, 5.41) is 0. The summed E-state index contributed by atoms with van der Waals surface area (Å²) in [6, 6.07) is 8.64. The molecule has 0 aliphatic heterocycles. The molecule has 0 spiro atoms. The Morgan fingerprint density at radius 1 is 1.33 bits per heavy atom. The van der Waals surface area contributed by atoms with Gasteiger partial charge in [-0.1, -0.05) is 44.0 Å². The fourth-order valence-corrected chi connectivity index (χ4v) is 3.19. The van der Waals surface area contributed by atoms with Crippen molar-refractivity contribution in [2.24, 2.45) is 5.92 Å². The van der Waals surface area contributed by atoms with Crippen LogP contribution in [0.25, 0.3) is 0 Å². The predicted molar refractivity (Wildman–Crippen MR) is 72.5 cm³/mol. The molecule has 1 aliphatic rings. The molecule has 2 rings (SSSR count). The quantitative estimate of drug-likeness (QED) is 0.670. The van der Waals surface area contributed by atoms with Crippen LogP contribution in [-0.2, 0) is 6.42 Å². The van der Waals surface area contributed by atoms with Crippen LogP contribution in [-0.4, -0.2) is 4.83 Å². The Balaban J connectivity index is 1.73. The van der Waals surface area contributed by atoms with E-state index < -0.39 is 0 Å². The zero-order chi connectivity index (χ0) is 10.7. The van der Waals surface area contributed by atoms with Crippen molar-refractivity contribution in [3.05, 3.63) is 34.3 Å². The third-order valence-electron chi connectivity index (χ3n) is 2.97. The highest BCUT2D eigenvalue weighted by Gasteiger charge is 2.28. The Morgan fingerprint density at radius 2 is 2.13 bits per heavy atom. The second-order valence-electron chi connectivity index (χ2n) is 4.38. The monoisotopic (exact) mass is 330 g/mol. The van der Waals surface area contributed by atoms with E-state index in [2.05, 4.69) is 56.1 Å². The van der Waals surface area contributed by atoms with Crippen molar-refractivity contribution in [3.8, 4) is 0 Å². The van der Waals surface area contributed by atoms with Gasteiger partial charge in [-0.3, -0.25) is 0 Å². The van der Waals surface area contributed by atoms with Crippen molar-refractivity contribution in [2.45, 2.75) is 36.9 Å². The average Bonchev–Trinajstić information content (AvgIpc) is 3.00. The van der Waals surface area contributed by atoms with E-state index in [-0.39, 0.29) is 0 Å². The van der Waals surface area contributed by atoms with Crippen LogP contribution in [0.5, 0.6) is 0 Å². The zero-order valence-electron chi connectivity index (χ0n) is 8.76. The summed E-state index contributed by atoms with van der Waals surface area (Å²) in [5.74, 6) is 0.979. The molecule has 0 radical (unpaired) electrons. The van der Waals surface area contributed by atoms with Crippen LogP contribution in [0.3, 0.4) is 0 Å². The SMILES string of the molecule is Brc1cccc(CCCC(Br)C2CC2)c1. The molecule has 1 aromatic carbocycles. The van der Waals surface area contributed by atoms with Gasteiger partial charge in [0, 0.05) is 9.30 Å². The fourth-order valence-electron chi connectivity index (χ4n) is 1.89. The number of rotatable bonds is 5. The molecule has 1 fully saturated rings.